The van der Waals surface area contributed by atoms with Crippen LogP contribution < -0.4 is 14.8 Å². The minimum atomic E-state index is 0. The summed E-state index contributed by atoms with van der Waals surface area (Å²) in [6.07, 6.45) is 2.31. The van der Waals surface area contributed by atoms with E-state index < -0.39 is 0 Å². The monoisotopic (exact) mass is 428 g/mol. The topological polar surface area (TPSA) is 33.7 Å². The van der Waals surface area contributed by atoms with Crippen LogP contribution in [0.15, 0.2) is 16.6 Å². The number of nitrogens with one attached hydrogen (secondary N) is 1. The zero-order valence-electron chi connectivity index (χ0n) is 13.9. The second kappa shape index (κ2) is 11.4. The molecule has 4 nitrogen and oxygen atoms in total. The van der Waals surface area contributed by atoms with Crippen LogP contribution in [0, 0.1) is 0 Å². The van der Waals surface area contributed by atoms with Crippen LogP contribution in [-0.4, -0.2) is 45.3 Å². The van der Waals surface area contributed by atoms with Gasteiger partial charge in [-0.3, -0.25) is 4.90 Å². The summed E-state index contributed by atoms with van der Waals surface area (Å²) >= 11 is 3.55. The van der Waals surface area contributed by atoms with Gasteiger partial charge in [-0.15, -0.1) is 24.8 Å². The number of rotatable bonds is 6. The Morgan fingerprint density at radius 3 is 2.09 bits per heavy atom. The third-order valence-electron chi connectivity index (χ3n) is 4.01. The van der Waals surface area contributed by atoms with Gasteiger partial charge in [0.05, 0.1) is 14.2 Å². The molecule has 0 bridgehead atoms. The molecule has 1 atom stereocenters. The molecule has 0 spiro atoms. The normalized spacial score (nSPS) is 16.0. The molecule has 0 aliphatic carbocycles. The number of halogens is 3. The average molecular weight is 430 g/mol. The van der Waals surface area contributed by atoms with Crippen LogP contribution in [0.5, 0.6) is 11.5 Å². The lowest BCUT2D eigenvalue weighted by molar-refractivity contribution is 0.164. The maximum atomic E-state index is 5.49. The third kappa shape index (κ3) is 5.68. The first-order valence-corrected chi connectivity index (χ1v) is 8.36. The summed E-state index contributed by atoms with van der Waals surface area (Å²) in [7, 11) is 3.39. The van der Waals surface area contributed by atoms with Gasteiger partial charge < -0.3 is 14.8 Å². The summed E-state index contributed by atoms with van der Waals surface area (Å²) in [5.41, 5.74) is 1.27. The lowest BCUT2D eigenvalue weighted by Gasteiger charge is -2.35. The molecule has 2 rings (SSSR count). The van der Waals surface area contributed by atoms with Crippen molar-refractivity contribution in [2.75, 3.05) is 40.4 Å². The van der Waals surface area contributed by atoms with E-state index in [0.717, 1.165) is 55.0 Å². The Labute approximate surface area is 160 Å². The standard InChI is InChI=1S/C16H25BrN2O2.2ClH/c1-4-5-13(19-8-6-18-7-9-19)12-10-14(20-2)16(17)15(11-12)21-3;;/h10-11,13,18H,4-9H2,1-3H3;2*1H/t13-;;/m0../s1. The highest BCUT2D eigenvalue weighted by molar-refractivity contribution is 9.10. The van der Waals surface area contributed by atoms with E-state index in [1.807, 2.05) is 0 Å². The van der Waals surface area contributed by atoms with Crippen molar-refractivity contribution in [2.24, 2.45) is 0 Å². The molecule has 0 radical (unpaired) electrons. The molecule has 1 aliphatic rings. The summed E-state index contributed by atoms with van der Waals surface area (Å²) in [5.74, 6) is 1.67. The van der Waals surface area contributed by atoms with Crippen LogP contribution in [-0.2, 0) is 0 Å². The van der Waals surface area contributed by atoms with Crippen LogP contribution in [0.4, 0.5) is 0 Å². The van der Waals surface area contributed by atoms with E-state index in [1.54, 1.807) is 14.2 Å². The van der Waals surface area contributed by atoms with Gasteiger partial charge in [-0.2, -0.15) is 0 Å². The lowest BCUT2D eigenvalue weighted by Crippen LogP contribution is -2.45. The van der Waals surface area contributed by atoms with E-state index in [2.05, 4.69) is 45.2 Å². The smallest absolute Gasteiger partial charge is 0.137 e. The van der Waals surface area contributed by atoms with Gasteiger partial charge in [0.1, 0.15) is 16.0 Å². The summed E-state index contributed by atoms with van der Waals surface area (Å²) in [4.78, 5) is 2.56. The summed E-state index contributed by atoms with van der Waals surface area (Å²) in [5, 5.41) is 3.42. The summed E-state index contributed by atoms with van der Waals surface area (Å²) in [6.45, 7) is 6.54. The van der Waals surface area contributed by atoms with Crippen molar-refractivity contribution in [3.63, 3.8) is 0 Å². The van der Waals surface area contributed by atoms with Crippen LogP contribution in [0.25, 0.3) is 0 Å². The first-order chi connectivity index (χ1) is 10.2. The zero-order chi connectivity index (χ0) is 15.2. The summed E-state index contributed by atoms with van der Waals surface area (Å²) < 4.78 is 11.9. The van der Waals surface area contributed by atoms with Crippen molar-refractivity contribution in [3.05, 3.63) is 22.2 Å². The SMILES string of the molecule is CCC[C@@H](c1cc(OC)c(Br)c(OC)c1)N1CCNCC1.Cl.Cl. The fourth-order valence-electron chi connectivity index (χ4n) is 2.91. The van der Waals surface area contributed by atoms with Gasteiger partial charge in [0, 0.05) is 32.2 Å². The Hall–Kier alpha value is -0.200. The Morgan fingerprint density at radius 1 is 1.13 bits per heavy atom. The Bertz CT molecular complexity index is 446. The molecular weight excluding hydrogens is 403 g/mol. The molecule has 1 aromatic rings. The minimum absolute atomic E-state index is 0. The molecule has 1 fully saturated rings. The predicted molar refractivity (Wildman–Crippen MR) is 104 cm³/mol. The summed E-state index contributed by atoms with van der Waals surface area (Å²) in [6, 6.07) is 4.69. The Balaban J connectivity index is 0.00000242. The van der Waals surface area contributed by atoms with Crippen LogP contribution in [0.3, 0.4) is 0 Å². The fraction of sp³-hybridized carbons (Fsp3) is 0.625. The highest BCUT2D eigenvalue weighted by Crippen LogP contribution is 2.39. The first kappa shape index (κ1) is 22.8. The molecule has 0 aromatic heterocycles. The highest BCUT2D eigenvalue weighted by atomic mass is 79.9. The molecule has 0 unspecified atom stereocenters. The van der Waals surface area contributed by atoms with E-state index in [-0.39, 0.29) is 24.8 Å². The van der Waals surface area contributed by atoms with Crippen molar-refractivity contribution in [2.45, 2.75) is 25.8 Å². The van der Waals surface area contributed by atoms with Gasteiger partial charge >= 0.3 is 0 Å². The highest BCUT2D eigenvalue weighted by Gasteiger charge is 2.23. The number of methoxy groups -OCH3 is 2. The second-order valence-electron chi connectivity index (χ2n) is 5.33. The van der Waals surface area contributed by atoms with Gasteiger partial charge in [0.25, 0.3) is 0 Å². The molecular formula is C16H27BrCl2N2O2. The lowest BCUT2D eigenvalue weighted by atomic mass is 9.99. The molecule has 0 saturated carbocycles. The van der Waals surface area contributed by atoms with Crippen LogP contribution in [0.1, 0.15) is 31.4 Å². The number of nitrogens with zero attached hydrogens (tertiary/aromatic N) is 1. The van der Waals surface area contributed by atoms with E-state index >= 15 is 0 Å². The minimum Gasteiger partial charge on any atom is -0.495 e. The van der Waals surface area contributed by atoms with Crippen molar-refractivity contribution in [3.8, 4) is 11.5 Å². The first-order valence-electron chi connectivity index (χ1n) is 7.57. The van der Waals surface area contributed by atoms with E-state index in [1.165, 1.54) is 5.56 Å². The number of hydrogen-bond acceptors (Lipinski definition) is 4. The zero-order valence-corrected chi connectivity index (χ0v) is 17.2. The number of benzene rings is 1. The van der Waals surface area contributed by atoms with Gasteiger partial charge in [-0.1, -0.05) is 13.3 Å². The van der Waals surface area contributed by atoms with Crippen LogP contribution in [0.2, 0.25) is 0 Å². The van der Waals surface area contributed by atoms with Crippen molar-refractivity contribution in [1.29, 1.82) is 0 Å². The molecule has 1 aromatic carbocycles. The maximum absolute atomic E-state index is 5.49. The van der Waals surface area contributed by atoms with Crippen molar-refractivity contribution in [1.82, 2.24) is 10.2 Å². The molecule has 1 aliphatic heterocycles. The van der Waals surface area contributed by atoms with E-state index in [0.29, 0.717) is 6.04 Å². The van der Waals surface area contributed by atoms with Gasteiger partial charge in [0.2, 0.25) is 0 Å². The van der Waals surface area contributed by atoms with Gasteiger partial charge in [-0.05, 0) is 40.0 Å². The van der Waals surface area contributed by atoms with E-state index in [9.17, 15) is 0 Å². The largest absolute Gasteiger partial charge is 0.495 e. The quantitative estimate of drug-likeness (QED) is 0.739. The predicted octanol–water partition coefficient (Wildman–Crippen LogP) is 4.06. The van der Waals surface area contributed by atoms with E-state index in [4.69, 9.17) is 9.47 Å². The molecule has 23 heavy (non-hydrogen) atoms. The second-order valence-corrected chi connectivity index (χ2v) is 6.12. The van der Waals surface area contributed by atoms with Crippen molar-refractivity contribution < 1.29 is 9.47 Å². The molecule has 0 amide bonds. The molecule has 1 N–H and O–H groups in total. The molecule has 7 heteroatoms. The Kier molecular flexibility index (Phi) is 11.3. The molecule has 1 heterocycles. The molecule has 1 saturated heterocycles. The van der Waals surface area contributed by atoms with Gasteiger partial charge in [-0.25, -0.2) is 0 Å². The average Bonchev–Trinajstić information content (AvgIpc) is 2.54. The molecule has 134 valence electrons. The Morgan fingerprint density at radius 2 is 1.65 bits per heavy atom. The number of piperazine rings is 1. The maximum Gasteiger partial charge on any atom is 0.137 e. The van der Waals surface area contributed by atoms with Crippen molar-refractivity contribution >= 4 is 40.7 Å². The van der Waals surface area contributed by atoms with Gasteiger partial charge in [0.15, 0.2) is 0 Å². The number of ether oxygens (including phenoxy) is 2. The third-order valence-corrected chi connectivity index (χ3v) is 4.79. The fourth-order valence-corrected chi connectivity index (χ4v) is 3.46. The van der Waals surface area contributed by atoms with Crippen LogP contribution >= 0.6 is 40.7 Å². The number of hydrogen-bond donors (Lipinski definition) is 1.